The van der Waals surface area contributed by atoms with E-state index in [1.54, 1.807) is 11.8 Å². The predicted octanol–water partition coefficient (Wildman–Crippen LogP) is 4.82. The summed E-state index contributed by atoms with van der Waals surface area (Å²) in [5.41, 5.74) is 1.99. The van der Waals surface area contributed by atoms with Gasteiger partial charge in [0, 0.05) is 48.7 Å². The first-order valence-electron chi connectivity index (χ1n) is 12.7. The highest BCUT2D eigenvalue weighted by Gasteiger charge is 2.38. The van der Waals surface area contributed by atoms with Gasteiger partial charge in [-0.15, -0.1) is 11.8 Å². The molecule has 2 aromatic carbocycles. The van der Waals surface area contributed by atoms with E-state index in [2.05, 4.69) is 48.0 Å². The van der Waals surface area contributed by atoms with Crippen molar-refractivity contribution < 1.29 is 14.4 Å². The number of carbonyl (C=O) groups excluding carboxylic acids is 3. The maximum Gasteiger partial charge on any atom is 0.222 e. The SMILES string of the molecule is CSc1ccc(C[C@@]2(CCC(=O)N3CCC[C@@H](C(=O)CCc4ccccc4)C3)CCC(=O)N2)cc1. The summed E-state index contributed by atoms with van der Waals surface area (Å²) in [6, 6.07) is 18.6. The first-order valence-corrected chi connectivity index (χ1v) is 14.0. The third kappa shape index (κ3) is 6.97. The van der Waals surface area contributed by atoms with Gasteiger partial charge in [-0.05, 0) is 68.0 Å². The largest absolute Gasteiger partial charge is 0.350 e. The summed E-state index contributed by atoms with van der Waals surface area (Å²) in [6.07, 6.45) is 8.11. The number of hydrogen-bond donors (Lipinski definition) is 1. The fraction of sp³-hybridized carbons (Fsp3) is 0.483. The molecular formula is C29H36N2O3S. The van der Waals surface area contributed by atoms with Crippen LogP contribution in [-0.4, -0.2) is 47.4 Å². The van der Waals surface area contributed by atoms with Crippen LogP contribution in [0.5, 0.6) is 0 Å². The van der Waals surface area contributed by atoms with Gasteiger partial charge < -0.3 is 10.2 Å². The molecule has 2 aliphatic rings. The number of amides is 2. The number of likely N-dealkylation sites (tertiary alicyclic amines) is 1. The molecule has 0 aliphatic carbocycles. The van der Waals surface area contributed by atoms with Crippen molar-refractivity contribution in [2.45, 2.75) is 68.2 Å². The number of benzene rings is 2. The second-order valence-electron chi connectivity index (χ2n) is 9.98. The lowest BCUT2D eigenvalue weighted by Crippen LogP contribution is -2.46. The third-order valence-electron chi connectivity index (χ3n) is 7.49. The number of nitrogens with zero attached hydrogens (tertiary/aromatic N) is 1. The van der Waals surface area contributed by atoms with Crippen LogP contribution in [-0.2, 0) is 27.2 Å². The van der Waals surface area contributed by atoms with Gasteiger partial charge in [0.15, 0.2) is 0 Å². The summed E-state index contributed by atoms with van der Waals surface area (Å²) < 4.78 is 0. The quantitative estimate of drug-likeness (QED) is 0.483. The fourth-order valence-electron chi connectivity index (χ4n) is 5.40. The monoisotopic (exact) mass is 492 g/mol. The minimum Gasteiger partial charge on any atom is -0.350 e. The molecule has 4 rings (SSSR count). The average molecular weight is 493 g/mol. The van der Waals surface area contributed by atoms with Gasteiger partial charge in [0.1, 0.15) is 5.78 Å². The Labute approximate surface area is 213 Å². The minimum atomic E-state index is -0.367. The standard InChI is InChI=1S/C29H36N2O3S/c1-35-25-12-9-23(10-13-25)20-29(17-15-27(33)30-29)18-16-28(34)31-19-5-8-24(21-31)26(32)14-11-22-6-3-2-4-7-22/h2-4,6-7,9-10,12-13,24H,5,8,11,14-21H2,1H3,(H,30,33)/t24-,29+/m1/s1. The van der Waals surface area contributed by atoms with Crippen LogP contribution in [0.15, 0.2) is 59.5 Å². The van der Waals surface area contributed by atoms with Crippen LogP contribution in [0.2, 0.25) is 0 Å². The van der Waals surface area contributed by atoms with Crippen LogP contribution >= 0.6 is 11.8 Å². The molecular weight excluding hydrogens is 456 g/mol. The zero-order valence-corrected chi connectivity index (χ0v) is 21.4. The topological polar surface area (TPSA) is 66.5 Å². The van der Waals surface area contributed by atoms with Crippen LogP contribution in [0, 0.1) is 5.92 Å². The summed E-state index contributed by atoms with van der Waals surface area (Å²) in [5, 5.41) is 3.19. The van der Waals surface area contributed by atoms with E-state index in [9.17, 15) is 14.4 Å². The number of nitrogens with one attached hydrogen (secondary N) is 1. The molecule has 6 heteroatoms. The molecule has 0 spiro atoms. The van der Waals surface area contributed by atoms with Gasteiger partial charge >= 0.3 is 0 Å². The van der Waals surface area contributed by atoms with Crippen molar-refractivity contribution in [3.8, 4) is 0 Å². The normalized spacial score (nSPS) is 22.1. The minimum absolute atomic E-state index is 0.0634. The summed E-state index contributed by atoms with van der Waals surface area (Å²) in [6.45, 7) is 1.25. The fourth-order valence-corrected chi connectivity index (χ4v) is 5.81. The molecule has 2 atom stereocenters. The van der Waals surface area contributed by atoms with Crippen LogP contribution < -0.4 is 5.32 Å². The number of rotatable bonds is 10. The molecule has 2 fully saturated rings. The molecule has 1 N–H and O–H groups in total. The van der Waals surface area contributed by atoms with E-state index in [1.165, 1.54) is 16.0 Å². The first-order chi connectivity index (χ1) is 17.0. The summed E-state index contributed by atoms with van der Waals surface area (Å²) in [5.74, 6) is 0.370. The average Bonchev–Trinajstić information content (AvgIpc) is 3.27. The Balaban J connectivity index is 1.31. The van der Waals surface area contributed by atoms with Crippen LogP contribution in [0.25, 0.3) is 0 Å². The molecule has 186 valence electrons. The number of thioether (sulfide) groups is 1. The predicted molar refractivity (Wildman–Crippen MR) is 140 cm³/mol. The second kappa shape index (κ2) is 11.9. The number of Topliss-reactive ketones (excluding diaryl/α,β-unsaturated/α-hetero) is 1. The molecule has 2 aliphatic heterocycles. The lowest BCUT2D eigenvalue weighted by Gasteiger charge is -2.34. The Hall–Kier alpha value is -2.60. The van der Waals surface area contributed by atoms with Crippen molar-refractivity contribution in [3.63, 3.8) is 0 Å². The third-order valence-corrected chi connectivity index (χ3v) is 8.23. The van der Waals surface area contributed by atoms with Crippen molar-refractivity contribution in [1.82, 2.24) is 10.2 Å². The molecule has 2 heterocycles. The number of piperidine rings is 1. The molecule has 0 unspecified atom stereocenters. The van der Waals surface area contributed by atoms with Gasteiger partial charge in [0.05, 0.1) is 0 Å². The van der Waals surface area contributed by atoms with E-state index < -0.39 is 0 Å². The molecule has 0 bridgehead atoms. The van der Waals surface area contributed by atoms with Gasteiger partial charge in [-0.25, -0.2) is 0 Å². The first kappa shape index (κ1) is 25.5. The lowest BCUT2D eigenvalue weighted by molar-refractivity contribution is -0.135. The molecule has 5 nitrogen and oxygen atoms in total. The number of aryl methyl sites for hydroxylation is 1. The van der Waals surface area contributed by atoms with Gasteiger partial charge in [0.2, 0.25) is 11.8 Å². The van der Waals surface area contributed by atoms with Crippen molar-refractivity contribution in [3.05, 3.63) is 65.7 Å². The molecule has 0 aromatic heterocycles. The van der Waals surface area contributed by atoms with Crippen LogP contribution in [0.4, 0.5) is 0 Å². The molecule has 0 saturated carbocycles. The molecule has 2 saturated heterocycles. The van der Waals surface area contributed by atoms with E-state index in [4.69, 9.17) is 0 Å². The Morgan fingerprint density at radius 1 is 1.06 bits per heavy atom. The second-order valence-corrected chi connectivity index (χ2v) is 10.9. The van der Waals surface area contributed by atoms with Gasteiger partial charge in [0.25, 0.3) is 0 Å². The highest BCUT2D eigenvalue weighted by Crippen LogP contribution is 2.31. The van der Waals surface area contributed by atoms with E-state index in [1.807, 2.05) is 23.1 Å². The molecule has 0 radical (unpaired) electrons. The highest BCUT2D eigenvalue weighted by molar-refractivity contribution is 7.98. The Morgan fingerprint density at radius 3 is 2.51 bits per heavy atom. The van der Waals surface area contributed by atoms with Crippen LogP contribution in [0.3, 0.4) is 0 Å². The lowest BCUT2D eigenvalue weighted by atomic mass is 9.84. The van der Waals surface area contributed by atoms with Gasteiger partial charge in [-0.3, -0.25) is 14.4 Å². The van der Waals surface area contributed by atoms with Crippen molar-refractivity contribution in [1.29, 1.82) is 0 Å². The maximum absolute atomic E-state index is 13.2. The Morgan fingerprint density at radius 2 is 1.83 bits per heavy atom. The number of ketones is 1. The van der Waals surface area contributed by atoms with E-state index in [0.29, 0.717) is 32.2 Å². The summed E-state index contributed by atoms with van der Waals surface area (Å²) in [7, 11) is 0. The van der Waals surface area contributed by atoms with E-state index in [-0.39, 0.29) is 29.1 Å². The Bertz CT molecular complexity index is 1020. The maximum atomic E-state index is 13.2. The molecule has 2 amide bonds. The van der Waals surface area contributed by atoms with Crippen molar-refractivity contribution in [2.24, 2.45) is 5.92 Å². The van der Waals surface area contributed by atoms with Crippen molar-refractivity contribution in [2.75, 3.05) is 19.3 Å². The van der Waals surface area contributed by atoms with E-state index >= 15 is 0 Å². The van der Waals surface area contributed by atoms with Crippen molar-refractivity contribution >= 4 is 29.4 Å². The van der Waals surface area contributed by atoms with Crippen LogP contribution in [0.1, 0.15) is 56.1 Å². The smallest absolute Gasteiger partial charge is 0.222 e. The summed E-state index contributed by atoms with van der Waals surface area (Å²) >= 11 is 1.71. The summed E-state index contributed by atoms with van der Waals surface area (Å²) in [4.78, 5) is 41.2. The Kier molecular flexibility index (Phi) is 8.66. The molecule has 35 heavy (non-hydrogen) atoms. The highest BCUT2D eigenvalue weighted by atomic mass is 32.2. The number of carbonyl (C=O) groups is 3. The van der Waals surface area contributed by atoms with Gasteiger partial charge in [-0.1, -0.05) is 42.5 Å². The number of hydrogen-bond acceptors (Lipinski definition) is 4. The zero-order valence-electron chi connectivity index (χ0n) is 20.6. The molecule has 2 aromatic rings. The zero-order chi connectivity index (χ0) is 24.7. The van der Waals surface area contributed by atoms with E-state index in [0.717, 1.165) is 38.6 Å². The van der Waals surface area contributed by atoms with Gasteiger partial charge in [-0.2, -0.15) is 0 Å².